The fraction of sp³-hybridized carbons (Fsp3) is 0. The molecule has 0 N–H and O–H groups in total. The maximum absolute atomic E-state index is 5.25. The molecule has 0 atom stereocenters. The molecule has 0 spiro atoms. The van der Waals surface area contributed by atoms with E-state index in [1.807, 2.05) is 72.0 Å². The summed E-state index contributed by atoms with van der Waals surface area (Å²) < 4.78 is 14.6. The quantitative estimate of drug-likeness (QED) is 0.122. The Morgan fingerprint density at radius 3 is 0.950 bits per heavy atom. The van der Waals surface area contributed by atoms with Crippen molar-refractivity contribution >= 4 is 162 Å². The zero-order chi connectivity index (χ0) is 92.2. The molecule has 9 heterocycles. The molecule has 20 aromatic carbocycles. The molecule has 0 aliphatic carbocycles. The molecular formula is C129H82N10S. The largest absolute Gasteiger partial charge is 0.309 e. The Morgan fingerprint density at radius 2 is 0.486 bits per heavy atom. The number of pyridine rings is 2. The number of nitrogens with zero attached hydrogens (tertiary/aromatic N) is 10. The van der Waals surface area contributed by atoms with E-state index in [-0.39, 0.29) is 0 Å². The van der Waals surface area contributed by atoms with Crippen LogP contribution >= 0.6 is 11.3 Å². The number of para-hydroxylation sites is 9. The van der Waals surface area contributed by atoms with Gasteiger partial charge in [-0.1, -0.05) is 352 Å². The van der Waals surface area contributed by atoms with Gasteiger partial charge in [-0.25, -0.2) is 24.9 Å². The number of benzene rings is 20. The van der Waals surface area contributed by atoms with Crippen LogP contribution in [-0.4, -0.2) is 47.8 Å². The summed E-state index contributed by atoms with van der Waals surface area (Å²) in [6.45, 7) is 0. The lowest BCUT2D eigenvalue weighted by atomic mass is 9.98. The second-order valence-corrected chi connectivity index (χ2v) is 36.7. The second kappa shape index (κ2) is 33.8. The minimum Gasteiger partial charge on any atom is -0.309 e. The highest BCUT2D eigenvalue weighted by atomic mass is 32.1. The third-order valence-electron chi connectivity index (χ3n) is 27.6. The summed E-state index contributed by atoms with van der Waals surface area (Å²) in [6.07, 6.45) is 0. The van der Waals surface area contributed by atoms with Gasteiger partial charge < -0.3 is 18.3 Å². The number of thiophene rings is 1. The Kier molecular flexibility index (Phi) is 19.6. The van der Waals surface area contributed by atoms with Gasteiger partial charge in [-0.3, -0.25) is 4.57 Å². The van der Waals surface area contributed by atoms with Gasteiger partial charge in [0.25, 0.3) is 0 Å². The van der Waals surface area contributed by atoms with Crippen molar-refractivity contribution in [3.63, 3.8) is 0 Å². The first-order chi connectivity index (χ1) is 69.5. The molecule has 29 aromatic rings. The third-order valence-corrected chi connectivity index (χ3v) is 28.9. The van der Waals surface area contributed by atoms with Crippen LogP contribution in [0.25, 0.3) is 258 Å². The summed E-state index contributed by atoms with van der Waals surface area (Å²) in [4.78, 5) is 25.2. The number of hydrogen-bond acceptors (Lipinski definition) is 6. The van der Waals surface area contributed by atoms with Gasteiger partial charge in [0.05, 0.1) is 71.9 Å². The third kappa shape index (κ3) is 13.7. The molecule has 0 unspecified atom stereocenters. The lowest BCUT2D eigenvalue weighted by Gasteiger charge is -2.13. The van der Waals surface area contributed by atoms with Gasteiger partial charge in [0.15, 0.2) is 17.5 Å². The minimum absolute atomic E-state index is 0.639. The van der Waals surface area contributed by atoms with Gasteiger partial charge in [0.2, 0.25) is 0 Å². The Balaban J connectivity index is 0.000000106. The van der Waals surface area contributed by atoms with Crippen LogP contribution in [0.4, 0.5) is 0 Å². The molecule has 140 heavy (non-hydrogen) atoms. The van der Waals surface area contributed by atoms with Gasteiger partial charge in [0, 0.05) is 130 Å². The number of fused-ring (bicyclic) bond motifs is 21. The Bertz CT molecular complexity index is 9860. The molecule has 0 bridgehead atoms. The Labute approximate surface area is 809 Å². The fourth-order valence-corrected chi connectivity index (χ4v) is 22.7. The molecule has 10 nitrogen and oxygen atoms in total. The molecule has 0 amide bonds. The molecule has 0 aliphatic rings. The van der Waals surface area contributed by atoms with Crippen molar-refractivity contribution in [1.29, 1.82) is 0 Å². The maximum atomic E-state index is 5.25. The molecule has 0 saturated carbocycles. The summed E-state index contributed by atoms with van der Waals surface area (Å²) in [5, 5.41) is 17.4. The van der Waals surface area contributed by atoms with Gasteiger partial charge in [-0.05, 0) is 179 Å². The van der Waals surface area contributed by atoms with Crippen molar-refractivity contribution in [2.75, 3.05) is 0 Å². The van der Waals surface area contributed by atoms with Crippen molar-refractivity contribution in [2.24, 2.45) is 0 Å². The molecule has 0 aliphatic heterocycles. The lowest BCUT2D eigenvalue weighted by Crippen LogP contribution is -2.00. The summed E-state index contributed by atoms with van der Waals surface area (Å²) in [7, 11) is 0. The van der Waals surface area contributed by atoms with E-state index >= 15 is 0 Å². The molecule has 0 fully saturated rings. The van der Waals surface area contributed by atoms with Crippen LogP contribution in [-0.2, 0) is 0 Å². The average molecular weight is 1800 g/mol. The molecule has 0 radical (unpaired) electrons. The highest BCUT2D eigenvalue weighted by Crippen LogP contribution is 2.49. The number of rotatable bonds is 12. The summed E-state index contributed by atoms with van der Waals surface area (Å²) in [5.41, 5.74) is 30.5. The first kappa shape index (κ1) is 81.0. The second-order valence-electron chi connectivity index (χ2n) is 35.7. The van der Waals surface area contributed by atoms with E-state index < -0.39 is 0 Å². The van der Waals surface area contributed by atoms with Crippen molar-refractivity contribution in [3.05, 3.63) is 497 Å². The topological polar surface area (TPSA) is 89.1 Å². The summed E-state index contributed by atoms with van der Waals surface area (Å²) in [5.74, 6) is 2.88. The normalized spacial score (nSPS) is 11.7. The SMILES string of the molecule is c1ccc(-c2cc(-c3cccc(-n4c5ccccc5c5cc6c7ccccc7n(-c7ccccc7)c6cc54)c3)nc3ccccc23)cc1.c1ccc(-c2cc(-n3c4ccccc4c4c5sc6c(-c7ccccc7)cccc6c5ccc43)nc3ccccc23)cc1.c1ccc(-c2nc(-c3ccccc3)nc(-c3ccc(-n4c5ccccc5c5cc6c7ccccc7n(-c7ccccc7)c6cc54)cc3)n2)cc1. The van der Waals surface area contributed by atoms with E-state index in [1.165, 1.54) is 152 Å². The monoisotopic (exact) mass is 1800 g/mol. The van der Waals surface area contributed by atoms with E-state index in [9.17, 15) is 0 Å². The van der Waals surface area contributed by atoms with Crippen molar-refractivity contribution in [3.8, 4) is 107 Å². The maximum Gasteiger partial charge on any atom is 0.164 e. The smallest absolute Gasteiger partial charge is 0.164 e. The molecule has 0 saturated heterocycles. The van der Waals surface area contributed by atoms with Crippen molar-refractivity contribution in [2.45, 2.75) is 0 Å². The summed E-state index contributed by atoms with van der Waals surface area (Å²) in [6, 6.07) is 177. The zero-order valence-corrected chi connectivity index (χ0v) is 76.5. The number of hydrogen-bond donors (Lipinski definition) is 0. The predicted molar refractivity (Wildman–Crippen MR) is 586 cm³/mol. The first-order valence-corrected chi connectivity index (χ1v) is 48.2. The van der Waals surface area contributed by atoms with E-state index in [2.05, 4.69) is 460 Å². The first-order valence-electron chi connectivity index (χ1n) is 47.4. The number of aromatic nitrogens is 10. The molecular weight excluding hydrogens is 1720 g/mol. The average Bonchev–Trinajstić information content (AvgIpc) is 1.56. The van der Waals surface area contributed by atoms with Crippen molar-refractivity contribution in [1.82, 2.24) is 47.8 Å². The van der Waals surface area contributed by atoms with Gasteiger partial charge in [-0.15, -0.1) is 11.3 Å². The van der Waals surface area contributed by atoms with E-state index in [4.69, 9.17) is 24.9 Å². The van der Waals surface area contributed by atoms with Crippen LogP contribution in [0, 0.1) is 0 Å². The van der Waals surface area contributed by atoms with Crippen LogP contribution in [0.3, 0.4) is 0 Å². The van der Waals surface area contributed by atoms with Gasteiger partial charge >= 0.3 is 0 Å². The van der Waals surface area contributed by atoms with Gasteiger partial charge in [-0.2, -0.15) is 0 Å². The van der Waals surface area contributed by atoms with Crippen LogP contribution < -0.4 is 0 Å². The minimum atomic E-state index is 0.639. The van der Waals surface area contributed by atoms with E-state index in [0.29, 0.717) is 17.5 Å². The van der Waals surface area contributed by atoms with Crippen molar-refractivity contribution < 1.29 is 0 Å². The molecule has 654 valence electrons. The Hall–Kier alpha value is -18.6. The summed E-state index contributed by atoms with van der Waals surface area (Å²) >= 11 is 1.90. The highest BCUT2D eigenvalue weighted by Gasteiger charge is 2.26. The molecule has 11 heteroatoms. The lowest BCUT2D eigenvalue weighted by molar-refractivity contribution is 1.07. The Morgan fingerprint density at radius 1 is 0.157 bits per heavy atom. The van der Waals surface area contributed by atoms with Crippen LogP contribution in [0.5, 0.6) is 0 Å². The standard InChI is InChI=1S/C45H29N5.C45H29N3.C39H24N2S/c1-4-14-30(15-5-1)43-46-44(31-16-6-2-7-17-31)48-45(47-43)32-24-26-34(27-25-32)50-40-23-13-11-21-36(40)38-28-37-35-20-10-12-22-39(35)49(41(37)29-42(38)50)33-18-8-3-9-19-33;1-3-14-30(15-4-1)37-28-41(46-40-23-10-7-20-34(37)40)31-16-13-19-33(26-31)48-43-25-12-9-22-36(43)39-27-38-35-21-8-11-24-42(35)47(44(38)29-45(39)48)32-17-5-2-6-18-32;1-3-12-25(13-4-1)27-18-11-19-29-30-22-23-35-37(39(30)42-38(27)29)31-17-8-10-21-34(31)41(35)36-24-32(26-14-5-2-6-15-26)28-16-7-9-20-33(28)40-36/h1-29H;1-29H;1-24H. The molecule has 9 aromatic heterocycles. The molecule has 29 rings (SSSR count). The van der Waals surface area contributed by atoms with E-state index in [1.54, 1.807) is 0 Å². The van der Waals surface area contributed by atoms with Crippen LogP contribution in [0.15, 0.2) is 497 Å². The fourth-order valence-electron chi connectivity index (χ4n) is 21.3. The highest BCUT2D eigenvalue weighted by molar-refractivity contribution is 7.27. The van der Waals surface area contributed by atoms with Crippen LogP contribution in [0.2, 0.25) is 0 Å². The van der Waals surface area contributed by atoms with Crippen LogP contribution in [0.1, 0.15) is 0 Å². The predicted octanol–water partition coefficient (Wildman–Crippen LogP) is 33.9. The van der Waals surface area contributed by atoms with E-state index in [0.717, 1.165) is 89.4 Å². The van der Waals surface area contributed by atoms with Gasteiger partial charge in [0.1, 0.15) is 5.82 Å². The zero-order valence-electron chi connectivity index (χ0n) is 75.7.